The van der Waals surface area contributed by atoms with Crippen LogP contribution in [-0.2, 0) is 11.3 Å². The fourth-order valence-electron chi connectivity index (χ4n) is 2.69. The molecule has 7 nitrogen and oxygen atoms in total. The van der Waals surface area contributed by atoms with Gasteiger partial charge in [0.25, 0.3) is 5.56 Å². The number of hydrogen-bond acceptors (Lipinski definition) is 4. The normalized spacial score (nSPS) is 10.9. The average Bonchev–Trinajstić information content (AvgIpc) is 3.06. The summed E-state index contributed by atoms with van der Waals surface area (Å²) in [6.45, 7) is -0.321. The molecule has 2 aromatic carbocycles. The number of fused-ring (bicyclic) bond motifs is 1. The summed E-state index contributed by atoms with van der Waals surface area (Å²) in [5.74, 6) is -0.657. The van der Waals surface area contributed by atoms with E-state index in [9.17, 15) is 14.0 Å². The van der Waals surface area contributed by atoms with E-state index in [1.54, 1.807) is 18.2 Å². The Bertz CT molecular complexity index is 1160. The molecule has 8 heteroatoms. The Balaban J connectivity index is 1.56. The van der Waals surface area contributed by atoms with Crippen molar-refractivity contribution < 1.29 is 9.18 Å². The SMILES string of the molecule is O=C(Cn1nc(-c2ccccc2F)ccc1=O)Nc1nc2ccccc2[nH]1. The lowest BCUT2D eigenvalue weighted by atomic mass is 10.1. The number of aromatic amines is 1. The fraction of sp³-hybridized carbons (Fsp3) is 0.0526. The van der Waals surface area contributed by atoms with Crippen LogP contribution < -0.4 is 10.9 Å². The van der Waals surface area contributed by atoms with Crippen LogP contribution in [0.3, 0.4) is 0 Å². The number of nitrogens with one attached hydrogen (secondary N) is 2. The molecular weight excluding hydrogens is 349 g/mol. The van der Waals surface area contributed by atoms with E-state index in [-0.39, 0.29) is 23.8 Å². The first-order valence-corrected chi connectivity index (χ1v) is 8.18. The van der Waals surface area contributed by atoms with E-state index in [1.807, 2.05) is 24.3 Å². The highest BCUT2D eigenvalue weighted by molar-refractivity contribution is 5.90. The van der Waals surface area contributed by atoms with Gasteiger partial charge < -0.3 is 4.98 Å². The number of aromatic nitrogens is 4. The monoisotopic (exact) mass is 363 g/mol. The van der Waals surface area contributed by atoms with Gasteiger partial charge in [-0.15, -0.1) is 0 Å². The van der Waals surface area contributed by atoms with Crippen molar-refractivity contribution >= 4 is 22.9 Å². The lowest BCUT2D eigenvalue weighted by Crippen LogP contribution is -2.29. The summed E-state index contributed by atoms with van der Waals surface area (Å²) in [6, 6.07) is 16.1. The first-order valence-electron chi connectivity index (χ1n) is 8.18. The Hall–Kier alpha value is -3.81. The fourth-order valence-corrected chi connectivity index (χ4v) is 2.69. The topological polar surface area (TPSA) is 92.7 Å². The van der Waals surface area contributed by atoms with Crippen molar-refractivity contribution in [2.75, 3.05) is 5.32 Å². The van der Waals surface area contributed by atoms with Crippen molar-refractivity contribution in [3.05, 3.63) is 76.8 Å². The van der Waals surface area contributed by atoms with E-state index in [2.05, 4.69) is 20.4 Å². The largest absolute Gasteiger partial charge is 0.324 e. The molecule has 4 rings (SSSR count). The molecule has 27 heavy (non-hydrogen) atoms. The average molecular weight is 363 g/mol. The number of nitrogens with zero attached hydrogens (tertiary/aromatic N) is 3. The van der Waals surface area contributed by atoms with Gasteiger partial charge in [0.15, 0.2) is 0 Å². The lowest BCUT2D eigenvalue weighted by molar-refractivity contribution is -0.117. The Morgan fingerprint density at radius 3 is 2.67 bits per heavy atom. The zero-order chi connectivity index (χ0) is 18.8. The van der Waals surface area contributed by atoms with Gasteiger partial charge in [-0.3, -0.25) is 14.9 Å². The number of hydrogen-bond donors (Lipinski definition) is 2. The molecular formula is C19H14FN5O2. The summed E-state index contributed by atoms with van der Waals surface area (Å²) in [6.07, 6.45) is 0. The number of halogens is 1. The van der Waals surface area contributed by atoms with Gasteiger partial charge >= 0.3 is 0 Å². The molecule has 0 saturated carbocycles. The van der Waals surface area contributed by atoms with Crippen molar-refractivity contribution in [2.24, 2.45) is 0 Å². The molecule has 4 aromatic rings. The molecule has 2 aromatic heterocycles. The van der Waals surface area contributed by atoms with Crippen LogP contribution in [0, 0.1) is 5.82 Å². The summed E-state index contributed by atoms with van der Waals surface area (Å²) in [4.78, 5) is 31.5. The third kappa shape index (κ3) is 3.45. The van der Waals surface area contributed by atoms with Crippen LogP contribution in [0.5, 0.6) is 0 Å². The molecule has 2 N–H and O–H groups in total. The van der Waals surface area contributed by atoms with Gasteiger partial charge in [-0.25, -0.2) is 14.1 Å². The predicted octanol–water partition coefficient (Wildman–Crippen LogP) is 2.56. The Morgan fingerprint density at radius 1 is 1.07 bits per heavy atom. The maximum Gasteiger partial charge on any atom is 0.267 e. The number of carbonyl (C=O) groups excluding carboxylic acids is 1. The number of H-pyrrole nitrogens is 1. The smallest absolute Gasteiger partial charge is 0.267 e. The minimum absolute atomic E-state index is 0.254. The quantitative estimate of drug-likeness (QED) is 0.583. The molecule has 0 fully saturated rings. The Labute approximate surface area is 152 Å². The molecule has 2 heterocycles. The van der Waals surface area contributed by atoms with Gasteiger partial charge in [-0.2, -0.15) is 5.10 Å². The third-order valence-corrected chi connectivity index (χ3v) is 3.96. The van der Waals surface area contributed by atoms with Crippen LogP contribution in [0.4, 0.5) is 10.3 Å². The number of amides is 1. The summed E-state index contributed by atoms with van der Waals surface area (Å²) < 4.78 is 14.9. The first kappa shape index (κ1) is 16.6. The van der Waals surface area contributed by atoms with Gasteiger partial charge in [0.2, 0.25) is 11.9 Å². The van der Waals surface area contributed by atoms with Crippen molar-refractivity contribution in [3.8, 4) is 11.3 Å². The van der Waals surface area contributed by atoms with Gasteiger partial charge in [0.1, 0.15) is 12.4 Å². The number of rotatable bonds is 4. The minimum Gasteiger partial charge on any atom is -0.324 e. The van der Waals surface area contributed by atoms with E-state index in [4.69, 9.17) is 0 Å². The van der Waals surface area contributed by atoms with Crippen molar-refractivity contribution in [3.63, 3.8) is 0 Å². The van der Waals surface area contributed by atoms with Crippen molar-refractivity contribution in [2.45, 2.75) is 6.54 Å². The van der Waals surface area contributed by atoms with Crippen molar-refractivity contribution in [1.82, 2.24) is 19.7 Å². The summed E-state index contributed by atoms with van der Waals surface area (Å²) in [5, 5.41) is 6.70. The molecule has 0 aliphatic heterocycles. The second kappa shape index (κ2) is 6.83. The van der Waals surface area contributed by atoms with E-state index in [0.29, 0.717) is 5.52 Å². The zero-order valence-corrected chi connectivity index (χ0v) is 14.0. The standard InChI is InChI=1S/C19H14FN5O2/c20-13-6-2-1-5-12(13)14-9-10-18(27)25(24-14)11-17(26)23-19-21-15-7-3-4-8-16(15)22-19/h1-10H,11H2,(H2,21,22,23,26). The molecule has 0 aliphatic rings. The van der Waals surface area contributed by atoms with Crippen LogP contribution in [0.1, 0.15) is 0 Å². The maximum absolute atomic E-state index is 13.9. The van der Waals surface area contributed by atoms with E-state index in [0.717, 1.165) is 10.2 Å². The molecule has 0 unspecified atom stereocenters. The zero-order valence-electron chi connectivity index (χ0n) is 14.0. The number of anilines is 1. The molecule has 0 atom stereocenters. The van der Waals surface area contributed by atoms with E-state index in [1.165, 1.54) is 18.2 Å². The minimum atomic E-state index is -0.477. The van der Waals surface area contributed by atoms with Gasteiger partial charge in [-0.05, 0) is 30.3 Å². The van der Waals surface area contributed by atoms with Crippen LogP contribution in [0.15, 0.2) is 65.5 Å². The highest BCUT2D eigenvalue weighted by Gasteiger charge is 2.12. The highest BCUT2D eigenvalue weighted by atomic mass is 19.1. The number of benzene rings is 2. The molecule has 0 aliphatic carbocycles. The summed E-state index contributed by atoms with van der Waals surface area (Å²) >= 11 is 0. The molecule has 134 valence electrons. The molecule has 0 bridgehead atoms. The second-order valence-electron chi connectivity index (χ2n) is 5.85. The van der Waals surface area contributed by atoms with Crippen LogP contribution >= 0.6 is 0 Å². The van der Waals surface area contributed by atoms with E-state index < -0.39 is 17.3 Å². The van der Waals surface area contributed by atoms with Crippen molar-refractivity contribution in [1.29, 1.82) is 0 Å². The van der Waals surface area contributed by atoms with Gasteiger partial charge in [-0.1, -0.05) is 24.3 Å². The second-order valence-corrected chi connectivity index (χ2v) is 5.85. The lowest BCUT2D eigenvalue weighted by Gasteiger charge is -2.07. The summed E-state index contributed by atoms with van der Waals surface area (Å²) in [7, 11) is 0. The van der Waals surface area contributed by atoms with Gasteiger partial charge in [0.05, 0.1) is 16.7 Å². The van der Waals surface area contributed by atoms with E-state index >= 15 is 0 Å². The van der Waals surface area contributed by atoms with Gasteiger partial charge in [0, 0.05) is 11.6 Å². The third-order valence-electron chi connectivity index (χ3n) is 3.96. The van der Waals surface area contributed by atoms with Crippen LogP contribution in [0.2, 0.25) is 0 Å². The first-order chi connectivity index (χ1) is 13.1. The molecule has 0 spiro atoms. The number of imidazole rings is 1. The molecule has 1 amide bonds. The highest BCUT2D eigenvalue weighted by Crippen LogP contribution is 2.19. The van der Waals surface area contributed by atoms with Crippen LogP contribution in [-0.4, -0.2) is 25.7 Å². The van der Waals surface area contributed by atoms with Crippen LogP contribution in [0.25, 0.3) is 22.3 Å². The summed E-state index contributed by atoms with van der Waals surface area (Å²) in [5.41, 5.74) is 1.55. The molecule has 0 radical (unpaired) electrons. The Morgan fingerprint density at radius 2 is 1.85 bits per heavy atom. The molecule has 0 saturated heterocycles. The predicted molar refractivity (Wildman–Crippen MR) is 98.6 cm³/mol. The number of para-hydroxylation sites is 2. The maximum atomic E-state index is 13.9. The Kier molecular flexibility index (Phi) is 4.21. The number of carbonyl (C=O) groups is 1.